The molecule has 1 N–H and O–H groups in total. The molecule has 8 heteroatoms. The Morgan fingerprint density at radius 2 is 2.03 bits per heavy atom. The molecule has 1 saturated carbocycles. The van der Waals surface area contributed by atoms with Gasteiger partial charge in [-0.1, -0.05) is 55.7 Å². The number of hydrogen-bond acceptors (Lipinski definition) is 6. The fourth-order valence-electron chi connectivity index (χ4n) is 5.15. The van der Waals surface area contributed by atoms with E-state index in [9.17, 15) is 9.59 Å². The molecule has 4 rings (SSSR count). The molecule has 0 radical (unpaired) electrons. The standard InChI is InChI=1S/C23H30N4O3S/c1-3-9-18-25-26-22(31-18)24-20(28)19-16-10-5-6-11-17(16)21(29)27(14-15-30-2)23(19)12-7-4-8-13-23/h5-6,10-11,19H,3-4,7-9,12-15H2,1-2H3,(H,24,26,28). The highest BCUT2D eigenvalue weighted by molar-refractivity contribution is 7.15. The van der Waals surface area contributed by atoms with Crippen molar-refractivity contribution in [3.63, 3.8) is 0 Å². The second-order valence-electron chi connectivity index (χ2n) is 8.37. The quantitative estimate of drug-likeness (QED) is 0.700. The fraction of sp³-hybridized carbons (Fsp3) is 0.565. The number of ether oxygens (including phenoxy) is 1. The third-order valence-corrected chi connectivity index (χ3v) is 7.38. The zero-order valence-corrected chi connectivity index (χ0v) is 19.0. The predicted octanol–water partition coefficient (Wildman–Crippen LogP) is 4.02. The Morgan fingerprint density at radius 1 is 1.26 bits per heavy atom. The van der Waals surface area contributed by atoms with Gasteiger partial charge in [0.15, 0.2) is 0 Å². The van der Waals surface area contributed by atoms with Crippen LogP contribution in [0.25, 0.3) is 0 Å². The highest BCUT2D eigenvalue weighted by Gasteiger charge is 2.54. The number of nitrogens with one attached hydrogen (secondary N) is 1. The Balaban J connectivity index is 1.74. The minimum absolute atomic E-state index is 0.000234. The normalized spacial score (nSPS) is 20.0. The molecule has 2 aromatic rings. The summed E-state index contributed by atoms with van der Waals surface area (Å²) in [4.78, 5) is 29.2. The monoisotopic (exact) mass is 442 g/mol. The Hall–Kier alpha value is -2.32. The molecule has 7 nitrogen and oxygen atoms in total. The maximum atomic E-state index is 13.8. The molecular weight excluding hydrogens is 412 g/mol. The van der Waals surface area contributed by atoms with Crippen LogP contribution in [0.5, 0.6) is 0 Å². The molecule has 31 heavy (non-hydrogen) atoms. The predicted molar refractivity (Wildman–Crippen MR) is 120 cm³/mol. The zero-order valence-electron chi connectivity index (χ0n) is 18.2. The van der Waals surface area contributed by atoms with Crippen LogP contribution >= 0.6 is 11.3 Å². The van der Waals surface area contributed by atoms with Gasteiger partial charge in [-0.15, -0.1) is 10.2 Å². The number of amides is 2. The maximum Gasteiger partial charge on any atom is 0.254 e. The van der Waals surface area contributed by atoms with E-state index in [1.807, 2.05) is 29.2 Å². The molecule has 1 aromatic carbocycles. The van der Waals surface area contributed by atoms with E-state index in [1.54, 1.807) is 7.11 Å². The van der Waals surface area contributed by atoms with Crippen LogP contribution < -0.4 is 5.32 Å². The van der Waals surface area contributed by atoms with Crippen molar-refractivity contribution >= 4 is 28.3 Å². The molecular formula is C23H30N4O3S. The molecule has 2 aliphatic rings. The van der Waals surface area contributed by atoms with Crippen molar-refractivity contribution in [1.29, 1.82) is 0 Å². The average molecular weight is 443 g/mol. The number of rotatable bonds is 7. The number of methoxy groups -OCH3 is 1. The molecule has 1 spiro atoms. The van der Waals surface area contributed by atoms with Crippen molar-refractivity contribution < 1.29 is 14.3 Å². The summed E-state index contributed by atoms with van der Waals surface area (Å²) < 4.78 is 5.32. The van der Waals surface area contributed by atoms with Gasteiger partial charge in [-0.05, 0) is 30.9 Å². The van der Waals surface area contributed by atoms with Crippen LogP contribution in [-0.4, -0.2) is 52.7 Å². The Bertz CT molecular complexity index is 938. The van der Waals surface area contributed by atoms with E-state index >= 15 is 0 Å². The Morgan fingerprint density at radius 3 is 2.77 bits per heavy atom. The van der Waals surface area contributed by atoms with Crippen LogP contribution in [0.3, 0.4) is 0 Å². The summed E-state index contributed by atoms with van der Waals surface area (Å²) in [5.74, 6) is -0.555. The van der Waals surface area contributed by atoms with Crippen LogP contribution in [-0.2, 0) is 16.0 Å². The smallest absolute Gasteiger partial charge is 0.254 e. The van der Waals surface area contributed by atoms with E-state index < -0.39 is 11.5 Å². The minimum atomic E-state index is -0.538. The van der Waals surface area contributed by atoms with Gasteiger partial charge in [0.05, 0.1) is 18.1 Å². The summed E-state index contributed by atoms with van der Waals surface area (Å²) in [7, 11) is 1.64. The van der Waals surface area contributed by atoms with Crippen molar-refractivity contribution in [2.24, 2.45) is 0 Å². The highest BCUT2D eigenvalue weighted by atomic mass is 32.1. The van der Waals surface area contributed by atoms with Crippen LogP contribution in [0, 0.1) is 0 Å². The van der Waals surface area contributed by atoms with E-state index in [4.69, 9.17) is 4.74 Å². The van der Waals surface area contributed by atoms with Crippen molar-refractivity contribution in [3.05, 3.63) is 40.4 Å². The van der Waals surface area contributed by atoms with Gasteiger partial charge < -0.3 is 9.64 Å². The number of benzene rings is 1. The van der Waals surface area contributed by atoms with Gasteiger partial charge in [0.2, 0.25) is 11.0 Å². The molecule has 1 aliphatic heterocycles. The topological polar surface area (TPSA) is 84.4 Å². The summed E-state index contributed by atoms with van der Waals surface area (Å²) in [5.41, 5.74) is 0.890. The van der Waals surface area contributed by atoms with Gasteiger partial charge >= 0.3 is 0 Å². The first-order valence-electron chi connectivity index (χ1n) is 11.1. The molecule has 1 aromatic heterocycles. The van der Waals surface area contributed by atoms with Crippen molar-refractivity contribution in [3.8, 4) is 0 Å². The Labute approximate surface area is 187 Å². The largest absolute Gasteiger partial charge is 0.383 e. The summed E-state index contributed by atoms with van der Waals surface area (Å²) >= 11 is 1.43. The number of carbonyl (C=O) groups is 2. The van der Waals surface area contributed by atoms with Crippen LogP contribution in [0.1, 0.15) is 72.3 Å². The number of hydrogen-bond donors (Lipinski definition) is 1. The van der Waals surface area contributed by atoms with Gasteiger partial charge in [0.25, 0.3) is 5.91 Å². The van der Waals surface area contributed by atoms with E-state index in [0.29, 0.717) is 23.8 Å². The van der Waals surface area contributed by atoms with Gasteiger partial charge in [0.1, 0.15) is 5.01 Å². The molecule has 1 aliphatic carbocycles. The summed E-state index contributed by atoms with van der Waals surface area (Å²) in [5, 5.41) is 12.9. The van der Waals surface area contributed by atoms with Crippen molar-refractivity contribution in [2.75, 3.05) is 25.6 Å². The van der Waals surface area contributed by atoms with Crippen LogP contribution in [0.15, 0.2) is 24.3 Å². The molecule has 0 saturated heterocycles. The molecule has 1 fully saturated rings. The first kappa shape index (κ1) is 21.9. The van der Waals surface area contributed by atoms with E-state index in [-0.39, 0.29) is 11.8 Å². The number of aromatic nitrogens is 2. The van der Waals surface area contributed by atoms with Gasteiger partial charge in [0, 0.05) is 25.6 Å². The highest BCUT2D eigenvalue weighted by Crippen LogP contribution is 2.49. The lowest BCUT2D eigenvalue weighted by Gasteiger charge is -2.53. The number of aryl methyl sites for hydroxylation is 1. The number of carbonyl (C=O) groups excluding carboxylic acids is 2. The van der Waals surface area contributed by atoms with E-state index in [1.165, 1.54) is 11.3 Å². The van der Waals surface area contributed by atoms with E-state index in [0.717, 1.165) is 55.5 Å². The molecule has 0 bridgehead atoms. The lowest BCUT2D eigenvalue weighted by molar-refractivity contribution is -0.122. The first-order chi connectivity index (χ1) is 15.1. The number of nitrogens with zero attached hydrogens (tertiary/aromatic N) is 3. The second-order valence-corrected chi connectivity index (χ2v) is 9.44. The Kier molecular flexibility index (Phi) is 6.67. The van der Waals surface area contributed by atoms with Gasteiger partial charge in [-0.2, -0.15) is 0 Å². The zero-order chi connectivity index (χ0) is 21.8. The summed E-state index contributed by atoms with van der Waals surface area (Å²) in [6.07, 6.45) is 6.59. The van der Waals surface area contributed by atoms with Crippen LogP contribution in [0.4, 0.5) is 5.13 Å². The molecule has 1 atom stereocenters. The van der Waals surface area contributed by atoms with Gasteiger partial charge in [-0.25, -0.2) is 0 Å². The van der Waals surface area contributed by atoms with Crippen LogP contribution in [0.2, 0.25) is 0 Å². The molecule has 2 amide bonds. The third-order valence-electron chi connectivity index (χ3n) is 6.48. The maximum absolute atomic E-state index is 13.8. The number of fused-ring (bicyclic) bond motifs is 1. The minimum Gasteiger partial charge on any atom is -0.383 e. The first-order valence-corrected chi connectivity index (χ1v) is 12.0. The summed E-state index contributed by atoms with van der Waals surface area (Å²) in [6.45, 7) is 3.02. The van der Waals surface area contributed by atoms with E-state index in [2.05, 4.69) is 22.4 Å². The SMILES string of the molecule is CCCc1nnc(NC(=O)C2c3ccccc3C(=O)N(CCOC)C23CCCCC3)s1. The lowest BCUT2D eigenvalue weighted by Crippen LogP contribution is -2.62. The number of anilines is 1. The van der Waals surface area contributed by atoms with Crippen molar-refractivity contribution in [2.45, 2.75) is 63.3 Å². The molecule has 1 unspecified atom stereocenters. The third kappa shape index (κ3) is 4.11. The fourth-order valence-corrected chi connectivity index (χ4v) is 5.99. The second kappa shape index (κ2) is 9.44. The lowest BCUT2D eigenvalue weighted by atomic mass is 9.65. The molecule has 166 valence electrons. The van der Waals surface area contributed by atoms with Gasteiger partial charge in [-0.3, -0.25) is 14.9 Å². The summed E-state index contributed by atoms with van der Waals surface area (Å²) in [6, 6.07) is 7.54. The molecule has 2 heterocycles. The average Bonchev–Trinajstić information content (AvgIpc) is 3.21. The van der Waals surface area contributed by atoms with Crippen molar-refractivity contribution in [1.82, 2.24) is 15.1 Å².